The molecule has 1 aromatic rings. The molecule has 23 heavy (non-hydrogen) atoms. The fourth-order valence-electron chi connectivity index (χ4n) is 3.18. The minimum Gasteiger partial charge on any atom is -0.454 e. The number of ether oxygens (including phenoxy) is 2. The molecule has 0 aromatic heterocycles. The van der Waals surface area contributed by atoms with E-state index in [1.54, 1.807) is 6.07 Å². The molecule has 6 nitrogen and oxygen atoms in total. The van der Waals surface area contributed by atoms with E-state index in [4.69, 9.17) is 15.2 Å². The Bertz CT molecular complexity index is 632. The molecule has 1 heterocycles. The first-order chi connectivity index (χ1) is 10.6. The highest BCUT2D eigenvalue weighted by Crippen LogP contribution is 2.34. The number of sulfonamides is 1. The van der Waals surface area contributed by atoms with E-state index in [1.165, 1.54) is 18.6 Å². The fraction of sp³-hybridized carbons (Fsp3) is 0.600. The highest BCUT2D eigenvalue weighted by Gasteiger charge is 2.28. The third kappa shape index (κ3) is 4.09. The molecule has 0 bridgehead atoms. The molecule has 3 N–H and O–H groups in total. The molecule has 0 radical (unpaired) electrons. The molecule has 0 saturated heterocycles. The first kappa shape index (κ1) is 18.3. The minimum absolute atomic E-state index is 0. The van der Waals surface area contributed by atoms with Crippen molar-refractivity contribution in [2.24, 2.45) is 11.7 Å². The second kappa shape index (κ2) is 7.70. The van der Waals surface area contributed by atoms with Gasteiger partial charge >= 0.3 is 0 Å². The summed E-state index contributed by atoms with van der Waals surface area (Å²) < 4.78 is 38.4. The standard InChI is InChI=1S/C15H22N2O4S.ClH/c16-9-13(11-4-2-1-3-5-11)17-22(18,19)12-6-7-14-15(8-12)21-10-20-14;/h6-8,11,13,17H,1-5,9-10,16H2;1H. The van der Waals surface area contributed by atoms with Gasteiger partial charge in [0.25, 0.3) is 0 Å². The number of halogens is 1. The van der Waals surface area contributed by atoms with Crippen LogP contribution in [0.25, 0.3) is 0 Å². The number of hydrogen-bond acceptors (Lipinski definition) is 5. The van der Waals surface area contributed by atoms with E-state index in [1.807, 2.05) is 0 Å². The normalized spacial score (nSPS) is 19.2. The van der Waals surface area contributed by atoms with Crippen molar-refractivity contribution >= 4 is 22.4 Å². The Kier molecular flexibility index (Phi) is 6.13. The Hall–Kier alpha value is -1.02. The summed E-state index contributed by atoms with van der Waals surface area (Å²) >= 11 is 0. The van der Waals surface area contributed by atoms with Crippen LogP contribution in [0, 0.1) is 5.92 Å². The van der Waals surface area contributed by atoms with Crippen LogP contribution in [0.2, 0.25) is 0 Å². The monoisotopic (exact) mass is 362 g/mol. The van der Waals surface area contributed by atoms with Crippen LogP contribution < -0.4 is 19.9 Å². The maximum absolute atomic E-state index is 12.6. The van der Waals surface area contributed by atoms with E-state index in [2.05, 4.69) is 4.72 Å². The predicted molar refractivity (Wildman–Crippen MR) is 89.6 cm³/mol. The molecule has 1 fully saturated rings. The molecule has 0 spiro atoms. The SMILES string of the molecule is Cl.NCC(NS(=O)(=O)c1ccc2c(c1)OCO2)C1CCCCC1. The van der Waals surface area contributed by atoms with Crippen molar-refractivity contribution in [2.75, 3.05) is 13.3 Å². The zero-order chi connectivity index (χ0) is 15.6. The lowest BCUT2D eigenvalue weighted by Crippen LogP contribution is -2.45. The van der Waals surface area contributed by atoms with Gasteiger partial charge in [0.15, 0.2) is 11.5 Å². The van der Waals surface area contributed by atoms with Crippen molar-refractivity contribution in [1.29, 1.82) is 0 Å². The first-order valence-electron chi connectivity index (χ1n) is 7.72. The van der Waals surface area contributed by atoms with Gasteiger partial charge in [0.05, 0.1) is 4.90 Å². The average Bonchev–Trinajstić information content (AvgIpc) is 3.01. The van der Waals surface area contributed by atoms with E-state index >= 15 is 0 Å². The number of nitrogens with two attached hydrogens (primary N) is 1. The summed E-state index contributed by atoms with van der Waals surface area (Å²) in [5.41, 5.74) is 5.81. The van der Waals surface area contributed by atoms with Crippen LogP contribution in [0.5, 0.6) is 11.5 Å². The molecule has 2 aliphatic rings. The first-order valence-corrected chi connectivity index (χ1v) is 9.20. The van der Waals surface area contributed by atoms with E-state index in [0.717, 1.165) is 25.7 Å². The van der Waals surface area contributed by atoms with Crippen molar-refractivity contribution in [3.8, 4) is 11.5 Å². The summed E-state index contributed by atoms with van der Waals surface area (Å²) in [7, 11) is -3.61. The molecule has 1 aliphatic carbocycles. The van der Waals surface area contributed by atoms with Gasteiger partial charge in [0, 0.05) is 18.7 Å². The molecule has 1 aliphatic heterocycles. The zero-order valence-corrected chi connectivity index (χ0v) is 14.5. The average molecular weight is 363 g/mol. The lowest BCUT2D eigenvalue weighted by Gasteiger charge is -2.29. The van der Waals surface area contributed by atoms with E-state index in [0.29, 0.717) is 24.0 Å². The topological polar surface area (TPSA) is 90.7 Å². The van der Waals surface area contributed by atoms with Gasteiger partial charge in [0.2, 0.25) is 16.8 Å². The molecule has 1 unspecified atom stereocenters. The smallest absolute Gasteiger partial charge is 0.241 e. The molecule has 8 heteroatoms. The van der Waals surface area contributed by atoms with E-state index < -0.39 is 10.0 Å². The van der Waals surface area contributed by atoms with Crippen LogP contribution in [0.4, 0.5) is 0 Å². The zero-order valence-electron chi connectivity index (χ0n) is 12.9. The maximum Gasteiger partial charge on any atom is 0.241 e. The third-order valence-electron chi connectivity index (χ3n) is 4.43. The maximum atomic E-state index is 12.6. The fourth-order valence-corrected chi connectivity index (χ4v) is 4.52. The summed E-state index contributed by atoms with van der Waals surface area (Å²) in [4.78, 5) is 0.186. The van der Waals surface area contributed by atoms with Gasteiger partial charge in [-0.3, -0.25) is 0 Å². The highest BCUT2D eigenvalue weighted by atomic mass is 35.5. The Labute approximate surface area is 143 Å². The molecular weight excluding hydrogens is 340 g/mol. The van der Waals surface area contributed by atoms with Gasteiger partial charge < -0.3 is 15.2 Å². The van der Waals surface area contributed by atoms with Crippen molar-refractivity contribution in [3.63, 3.8) is 0 Å². The van der Waals surface area contributed by atoms with Gasteiger partial charge in [-0.15, -0.1) is 12.4 Å². The Morgan fingerprint density at radius 3 is 2.57 bits per heavy atom. The van der Waals surface area contributed by atoms with Crippen molar-refractivity contribution in [1.82, 2.24) is 4.72 Å². The van der Waals surface area contributed by atoms with Gasteiger partial charge in [-0.1, -0.05) is 19.3 Å². The molecule has 3 rings (SSSR count). The number of hydrogen-bond donors (Lipinski definition) is 2. The summed E-state index contributed by atoms with van der Waals surface area (Å²) in [5, 5.41) is 0. The van der Waals surface area contributed by atoms with Crippen molar-refractivity contribution in [3.05, 3.63) is 18.2 Å². The van der Waals surface area contributed by atoms with Crippen LogP contribution in [0.15, 0.2) is 23.1 Å². The molecule has 1 aromatic carbocycles. The summed E-state index contributed by atoms with van der Waals surface area (Å²) in [6.07, 6.45) is 5.58. The molecule has 1 saturated carbocycles. The number of nitrogens with one attached hydrogen (secondary N) is 1. The number of fused-ring (bicyclic) bond motifs is 1. The van der Waals surface area contributed by atoms with E-state index in [-0.39, 0.29) is 30.1 Å². The Morgan fingerprint density at radius 2 is 1.87 bits per heavy atom. The van der Waals surface area contributed by atoms with Crippen molar-refractivity contribution in [2.45, 2.75) is 43.0 Å². The quantitative estimate of drug-likeness (QED) is 0.836. The lowest BCUT2D eigenvalue weighted by molar-refractivity contribution is 0.174. The Morgan fingerprint density at radius 1 is 1.17 bits per heavy atom. The summed E-state index contributed by atoms with van der Waals surface area (Å²) in [6.45, 7) is 0.439. The lowest BCUT2D eigenvalue weighted by atomic mass is 9.84. The van der Waals surface area contributed by atoms with Crippen LogP contribution >= 0.6 is 12.4 Å². The van der Waals surface area contributed by atoms with E-state index in [9.17, 15) is 8.42 Å². The van der Waals surface area contributed by atoms with Crippen LogP contribution in [-0.4, -0.2) is 27.8 Å². The van der Waals surface area contributed by atoms with Crippen molar-refractivity contribution < 1.29 is 17.9 Å². The van der Waals surface area contributed by atoms with Gasteiger partial charge in [-0.2, -0.15) is 0 Å². The van der Waals surface area contributed by atoms with Gasteiger partial charge in [0.1, 0.15) is 0 Å². The minimum atomic E-state index is -3.61. The predicted octanol–water partition coefficient (Wildman–Crippen LogP) is 2.02. The summed E-state index contributed by atoms with van der Waals surface area (Å²) in [6, 6.07) is 4.44. The second-order valence-electron chi connectivity index (χ2n) is 5.88. The third-order valence-corrected chi connectivity index (χ3v) is 5.92. The van der Waals surface area contributed by atoms with Gasteiger partial charge in [-0.05, 0) is 30.9 Å². The summed E-state index contributed by atoms with van der Waals surface area (Å²) in [5.74, 6) is 1.36. The van der Waals surface area contributed by atoms with Gasteiger partial charge in [-0.25, -0.2) is 13.1 Å². The second-order valence-corrected chi connectivity index (χ2v) is 7.59. The van der Waals surface area contributed by atoms with Crippen LogP contribution in [-0.2, 0) is 10.0 Å². The molecule has 1 atom stereocenters. The molecule has 0 amide bonds. The molecular formula is C15H23ClN2O4S. The number of rotatable bonds is 5. The highest BCUT2D eigenvalue weighted by molar-refractivity contribution is 7.89. The molecule has 130 valence electrons. The van der Waals surface area contributed by atoms with Crippen LogP contribution in [0.3, 0.4) is 0 Å². The van der Waals surface area contributed by atoms with Crippen LogP contribution in [0.1, 0.15) is 32.1 Å². The Balaban J connectivity index is 0.00000192. The largest absolute Gasteiger partial charge is 0.454 e. The number of benzene rings is 1.